The van der Waals surface area contributed by atoms with Gasteiger partial charge in [0, 0.05) is 26.3 Å². The molecule has 1 saturated heterocycles. The van der Waals surface area contributed by atoms with Crippen LogP contribution in [0, 0.1) is 0 Å². The van der Waals surface area contributed by atoms with Crippen LogP contribution in [-0.2, 0) is 13.7 Å². The molecule has 10 heteroatoms. The molecule has 0 atom stereocenters. The average Bonchev–Trinajstić information content (AvgIpc) is 3.05. The van der Waals surface area contributed by atoms with E-state index in [2.05, 4.69) is 5.43 Å². The summed E-state index contributed by atoms with van der Waals surface area (Å²) in [6.45, 7) is 1.58. The Labute approximate surface area is 178 Å². The third-order valence-electron chi connectivity index (χ3n) is 4.68. The lowest BCUT2D eigenvalue weighted by molar-refractivity contribution is 0.0702. The van der Waals surface area contributed by atoms with Crippen LogP contribution in [0.5, 0.6) is 5.75 Å². The number of rotatable bonds is 6. The number of hydrogen-bond acceptors (Lipinski definition) is 5. The molecule has 0 radical (unpaired) electrons. The molecular weight excluding hydrogens is 419 g/mol. The monoisotopic (exact) mass is 440 g/mol. The minimum absolute atomic E-state index is 0.0406. The van der Waals surface area contributed by atoms with Gasteiger partial charge in [0.15, 0.2) is 11.4 Å². The second-order valence-corrected chi connectivity index (χ2v) is 7.61. The predicted octanol–water partition coefficient (Wildman–Crippen LogP) is 3.16. The van der Waals surface area contributed by atoms with Crippen molar-refractivity contribution >= 4 is 35.0 Å². The van der Waals surface area contributed by atoms with Crippen molar-refractivity contribution in [2.24, 2.45) is 7.05 Å². The van der Waals surface area contributed by atoms with Crippen molar-refractivity contribution in [3.8, 4) is 5.75 Å². The zero-order chi connectivity index (χ0) is 21.0. The number of aromatic nitrogens is 1. The quantitative estimate of drug-likeness (QED) is 0.473. The minimum Gasteiger partial charge on any atom is -0.486 e. The van der Waals surface area contributed by atoms with E-state index >= 15 is 0 Å². The van der Waals surface area contributed by atoms with Gasteiger partial charge in [0.05, 0.1) is 10.0 Å². The number of benzene rings is 1. The minimum atomic E-state index is -0.776. The fraction of sp³-hybridized carbons (Fsp3) is 0.368. The molecule has 0 bridgehead atoms. The molecule has 1 aromatic carbocycles. The van der Waals surface area contributed by atoms with Crippen molar-refractivity contribution in [2.45, 2.75) is 25.9 Å². The summed E-state index contributed by atoms with van der Waals surface area (Å²) in [6.07, 6.45) is 4.58. The highest BCUT2D eigenvalue weighted by molar-refractivity contribution is 6.42. The Kier molecular flexibility index (Phi) is 7.02. The Bertz CT molecular complexity index is 910. The number of aryl methyl sites for hydroxylation is 1. The molecule has 156 valence electrons. The Hall–Kier alpha value is -2.26. The normalized spacial score (nSPS) is 14.5. The van der Waals surface area contributed by atoms with Crippen molar-refractivity contribution in [1.29, 1.82) is 0 Å². The van der Waals surface area contributed by atoms with Crippen molar-refractivity contribution in [1.82, 2.24) is 20.5 Å². The van der Waals surface area contributed by atoms with E-state index < -0.39 is 11.8 Å². The van der Waals surface area contributed by atoms with E-state index in [-0.39, 0.29) is 23.6 Å². The molecule has 1 fully saturated rings. The van der Waals surface area contributed by atoms with Crippen LogP contribution in [-0.4, -0.2) is 39.7 Å². The molecule has 3 rings (SSSR count). The summed E-state index contributed by atoms with van der Waals surface area (Å²) in [4.78, 5) is 25.0. The molecule has 1 aliphatic heterocycles. The first-order valence-corrected chi connectivity index (χ1v) is 9.92. The number of hydrazine groups is 1. The number of hydroxylamine groups is 1. The second kappa shape index (κ2) is 9.49. The van der Waals surface area contributed by atoms with Crippen LogP contribution in [0.15, 0.2) is 24.4 Å². The number of piperidine rings is 1. The first kappa shape index (κ1) is 21.4. The highest BCUT2D eigenvalue weighted by atomic mass is 35.5. The van der Waals surface area contributed by atoms with Gasteiger partial charge in [0.1, 0.15) is 12.2 Å². The van der Waals surface area contributed by atoms with Gasteiger partial charge in [-0.1, -0.05) is 35.7 Å². The lowest BCUT2D eigenvalue weighted by Crippen LogP contribution is -2.45. The fourth-order valence-electron chi connectivity index (χ4n) is 3.22. The molecule has 2 aromatic rings. The number of carbonyl (C=O) groups excluding carboxylic acids is 2. The third kappa shape index (κ3) is 5.02. The number of hydrogen-bond donors (Lipinski definition) is 3. The maximum absolute atomic E-state index is 12.9. The fourth-order valence-corrected chi connectivity index (χ4v) is 3.54. The number of nitrogens with one attached hydrogen (secondary N) is 2. The van der Waals surface area contributed by atoms with Crippen LogP contribution in [0.1, 0.15) is 45.7 Å². The molecule has 1 aromatic heterocycles. The van der Waals surface area contributed by atoms with E-state index in [4.69, 9.17) is 33.1 Å². The number of nitrogens with zero attached hydrogens (tertiary/aromatic N) is 2. The van der Waals surface area contributed by atoms with Crippen LogP contribution >= 0.6 is 23.2 Å². The molecule has 2 amide bonds. The molecule has 3 N–H and O–H groups in total. The maximum atomic E-state index is 12.9. The molecule has 1 aliphatic rings. The molecule has 0 spiro atoms. The van der Waals surface area contributed by atoms with Gasteiger partial charge in [-0.2, -0.15) is 0 Å². The van der Waals surface area contributed by atoms with E-state index in [1.807, 2.05) is 5.01 Å². The van der Waals surface area contributed by atoms with Gasteiger partial charge in [0.2, 0.25) is 0 Å². The third-order valence-corrected chi connectivity index (χ3v) is 5.42. The predicted molar refractivity (Wildman–Crippen MR) is 108 cm³/mol. The molecule has 29 heavy (non-hydrogen) atoms. The lowest BCUT2D eigenvalue weighted by atomic mass is 10.2. The molecule has 0 unspecified atom stereocenters. The molecule has 8 nitrogen and oxygen atoms in total. The van der Waals surface area contributed by atoms with Gasteiger partial charge in [-0.3, -0.25) is 20.2 Å². The SMILES string of the molecule is Cn1cc(C(=O)NO)c(OCc2ccc(Cl)c(Cl)c2)c1C(=O)NN1CCCCC1. The van der Waals surface area contributed by atoms with Crippen LogP contribution in [0.3, 0.4) is 0 Å². The van der Waals surface area contributed by atoms with Gasteiger partial charge in [0.25, 0.3) is 11.8 Å². The number of halogens is 2. The van der Waals surface area contributed by atoms with Crippen molar-refractivity contribution in [2.75, 3.05) is 13.1 Å². The van der Waals surface area contributed by atoms with Crippen molar-refractivity contribution in [3.63, 3.8) is 0 Å². The first-order valence-electron chi connectivity index (χ1n) is 9.17. The largest absolute Gasteiger partial charge is 0.486 e. The summed E-state index contributed by atoms with van der Waals surface area (Å²) in [7, 11) is 1.63. The average molecular weight is 441 g/mol. The van der Waals surface area contributed by atoms with Crippen molar-refractivity contribution < 1.29 is 19.5 Å². The highest BCUT2D eigenvalue weighted by Gasteiger charge is 2.27. The van der Waals surface area contributed by atoms with Gasteiger partial charge < -0.3 is 9.30 Å². The second-order valence-electron chi connectivity index (χ2n) is 6.80. The van der Waals surface area contributed by atoms with E-state index in [0.717, 1.165) is 32.4 Å². The number of carbonyl (C=O) groups is 2. The molecular formula is C19H22Cl2N4O4. The van der Waals surface area contributed by atoms with E-state index in [1.54, 1.807) is 30.7 Å². The molecule has 0 aliphatic carbocycles. The zero-order valence-electron chi connectivity index (χ0n) is 15.9. The first-order chi connectivity index (χ1) is 13.9. The van der Waals surface area contributed by atoms with Crippen LogP contribution in [0.25, 0.3) is 0 Å². The smallest absolute Gasteiger partial charge is 0.286 e. The van der Waals surface area contributed by atoms with Gasteiger partial charge >= 0.3 is 0 Å². The highest BCUT2D eigenvalue weighted by Crippen LogP contribution is 2.29. The van der Waals surface area contributed by atoms with Crippen molar-refractivity contribution in [3.05, 3.63) is 51.3 Å². The number of amides is 2. The summed E-state index contributed by atoms with van der Waals surface area (Å²) < 4.78 is 7.32. The van der Waals surface area contributed by atoms with Crippen LogP contribution in [0.2, 0.25) is 10.0 Å². The molecule has 0 saturated carbocycles. The maximum Gasteiger partial charge on any atom is 0.286 e. The van der Waals surface area contributed by atoms with E-state index in [9.17, 15) is 9.59 Å². The Balaban J connectivity index is 1.86. The van der Waals surface area contributed by atoms with Gasteiger partial charge in [-0.15, -0.1) is 0 Å². The Morgan fingerprint density at radius 3 is 2.52 bits per heavy atom. The van der Waals surface area contributed by atoms with Gasteiger partial charge in [-0.25, -0.2) is 10.5 Å². The van der Waals surface area contributed by atoms with Crippen LogP contribution in [0.4, 0.5) is 0 Å². The van der Waals surface area contributed by atoms with E-state index in [1.165, 1.54) is 10.8 Å². The topological polar surface area (TPSA) is 95.8 Å². The Morgan fingerprint density at radius 2 is 1.86 bits per heavy atom. The van der Waals surface area contributed by atoms with E-state index in [0.29, 0.717) is 15.6 Å². The summed E-state index contributed by atoms with van der Waals surface area (Å²) in [5, 5.41) is 11.7. The summed E-state index contributed by atoms with van der Waals surface area (Å²) in [5.74, 6) is -1.10. The number of ether oxygens (including phenoxy) is 1. The summed E-state index contributed by atoms with van der Waals surface area (Å²) in [6, 6.07) is 5.02. The molecule has 2 heterocycles. The summed E-state index contributed by atoms with van der Waals surface area (Å²) in [5.41, 5.74) is 5.37. The van der Waals surface area contributed by atoms with Gasteiger partial charge in [-0.05, 0) is 30.5 Å². The zero-order valence-corrected chi connectivity index (χ0v) is 17.4. The van der Waals surface area contributed by atoms with Crippen LogP contribution < -0.4 is 15.6 Å². The summed E-state index contributed by atoms with van der Waals surface area (Å²) >= 11 is 12.0. The standard InChI is InChI=1S/C19H22Cl2N4O4/c1-24-10-13(18(26)23-28)17(29-11-12-5-6-14(20)15(21)9-12)16(24)19(27)22-25-7-3-2-4-8-25/h5-6,9-10,28H,2-4,7-8,11H2,1H3,(H,22,27)(H,23,26). The Morgan fingerprint density at radius 1 is 1.14 bits per heavy atom. The lowest BCUT2D eigenvalue weighted by Gasteiger charge is -2.27.